The molecule has 0 aliphatic heterocycles. The molecule has 0 radical (unpaired) electrons. The minimum atomic E-state index is -8.68. The summed E-state index contributed by atoms with van der Waals surface area (Å²) in [6.07, 6.45) is -7.80. The van der Waals surface area contributed by atoms with Crippen molar-refractivity contribution in [2.75, 3.05) is 0 Å². The second kappa shape index (κ2) is 8.30. The number of rotatable bonds is 7. The highest BCUT2D eigenvalue weighted by Gasteiger charge is 2.95. The maximum atomic E-state index is 14.4. The van der Waals surface area contributed by atoms with E-state index in [1.54, 1.807) is 0 Å². The summed E-state index contributed by atoms with van der Waals surface area (Å²) in [5.41, 5.74) is -3.68. The molecule has 1 heterocycles. The summed E-state index contributed by atoms with van der Waals surface area (Å²) in [5.74, 6) is -57.1. The van der Waals surface area contributed by atoms with Crippen molar-refractivity contribution in [1.82, 2.24) is 9.97 Å². The monoisotopic (exact) mass is 674 g/mol. The van der Waals surface area contributed by atoms with Gasteiger partial charge in [-0.25, -0.2) is 9.97 Å². The molecule has 0 aliphatic rings. The number of aromatic nitrogens is 2. The van der Waals surface area contributed by atoms with Gasteiger partial charge in [-0.3, -0.25) is 0 Å². The van der Waals surface area contributed by atoms with Crippen LogP contribution in [0.3, 0.4) is 0 Å². The van der Waals surface area contributed by atoms with Crippen LogP contribution in [0.2, 0.25) is 0 Å². The predicted molar refractivity (Wildman–Crippen MR) is 91.9 cm³/mol. The Morgan fingerprint density at radius 3 is 1.19 bits per heavy atom. The Balaban J connectivity index is 2.73. The van der Waals surface area contributed by atoms with Crippen LogP contribution in [-0.4, -0.2) is 51.7 Å². The normalized spacial score (nSPS) is 15.5. The number of hydrogen-bond acceptors (Lipinski definition) is 2. The van der Waals surface area contributed by atoms with Crippen LogP contribution in [0.1, 0.15) is 5.69 Å². The Kier molecular flexibility index (Phi) is 6.99. The zero-order chi connectivity index (χ0) is 28.6. The molecule has 0 amide bonds. The van der Waals surface area contributed by atoms with Crippen molar-refractivity contribution in [3.05, 3.63) is 33.7 Å². The van der Waals surface area contributed by atoms with Gasteiger partial charge < -0.3 is 0 Å². The van der Waals surface area contributed by atoms with Crippen LogP contribution >= 0.6 is 22.6 Å². The largest absolute Gasteiger partial charge is 0.460 e. The fraction of sp³-hybridized carbons (Fsp3) is 0.500. The number of benzene rings is 1. The van der Waals surface area contributed by atoms with Crippen molar-refractivity contribution in [3.63, 3.8) is 0 Å². The van der Waals surface area contributed by atoms with Crippen LogP contribution in [0.5, 0.6) is 0 Å². The maximum Gasteiger partial charge on any atom is 0.460 e. The summed E-state index contributed by atoms with van der Waals surface area (Å²) < 4.78 is 227. The molecule has 0 saturated carbocycles. The van der Waals surface area contributed by atoms with Gasteiger partial charge in [0.25, 0.3) is 0 Å². The molecular formula is C16H4F17IN2. The third-order valence-electron chi connectivity index (χ3n) is 4.55. The molecule has 1 aromatic heterocycles. The van der Waals surface area contributed by atoms with Gasteiger partial charge in [0, 0.05) is 0 Å². The van der Waals surface area contributed by atoms with E-state index in [4.69, 9.17) is 0 Å². The molecule has 2 nitrogen and oxygen atoms in total. The number of halogens is 18. The summed E-state index contributed by atoms with van der Waals surface area (Å²) >= 11 is 0.659. The predicted octanol–water partition coefficient (Wildman–Crippen LogP) is 7.70. The molecular weight excluding hydrogens is 670 g/mol. The van der Waals surface area contributed by atoms with Crippen molar-refractivity contribution < 1.29 is 74.6 Å². The van der Waals surface area contributed by atoms with Gasteiger partial charge in [0.15, 0.2) is 0 Å². The van der Waals surface area contributed by atoms with Crippen LogP contribution in [0.4, 0.5) is 74.6 Å². The zero-order valence-electron chi connectivity index (χ0n) is 16.0. The smallest absolute Gasteiger partial charge is 0.242 e. The lowest BCUT2D eigenvalue weighted by atomic mass is 9.88. The number of fused-ring (bicyclic) bond motifs is 1. The SMILES string of the molecule is FC(F)(F)C(F)(F)C(F)(F)C(F)(F)C(F)(F)C(F)(F)C(F)(F)C(F)(F)c1nc2ccccc2nc1I. The molecule has 20 heteroatoms. The lowest BCUT2D eigenvalue weighted by Crippen LogP contribution is -2.74. The Morgan fingerprint density at radius 2 is 0.806 bits per heavy atom. The number of para-hydroxylation sites is 2. The van der Waals surface area contributed by atoms with Crippen molar-refractivity contribution in [3.8, 4) is 0 Å². The van der Waals surface area contributed by atoms with Crippen molar-refractivity contribution in [2.45, 2.75) is 47.6 Å². The summed E-state index contributed by atoms with van der Waals surface area (Å²) in [4.78, 5) is 6.04. The Hall–Kier alpha value is -1.90. The average molecular weight is 674 g/mol. The topological polar surface area (TPSA) is 25.8 Å². The van der Waals surface area contributed by atoms with Gasteiger partial charge in [-0.15, -0.1) is 0 Å². The Bertz CT molecular complexity index is 1140. The van der Waals surface area contributed by atoms with Crippen LogP contribution < -0.4 is 0 Å². The summed E-state index contributed by atoms with van der Waals surface area (Å²) in [6, 6.07) is 3.97. The van der Waals surface area contributed by atoms with Crippen LogP contribution in [-0.2, 0) is 5.92 Å². The van der Waals surface area contributed by atoms with E-state index in [2.05, 4.69) is 9.97 Å². The number of alkyl halides is 17. The highest BCUT2D eigenvalue weighted by atomic mass is 127. The van der Waals surface area contributed by atoms with Crippen molar-refractivity contribution >= 4 is 33.6 Å². The second-order valence-electron chi connectivity index (χ2n) is 6.87. The van der Waals surface area contributed by atoms with Crippen LogP contribution in [0, 0.1) is 3.70 Å². The van der Waals surface area contributed by atoms with Gasteiger partial charge in [0.2, 0.25) is 0 Å². The molecule has 36 heavy (non-hydrogen) atoms. The molecule has 0 atom stereocenters. The fourth-order valence-corrected chi connectivity index (χ4v) is 3.21. The molecule has 204 valence electrons. The summed E-state index contributed by atoms with van der Waals surface area (Å²) in [5, 5.41) is 0. The Morgan fingerprint density at radius 1 is 0.472 bits per heavy atom. The molecule has 1 aromatic carbocycles. The van der Waals surface area contributed by atoms with Gasteiger partial charge in [0.05, 0.1) is 11.0 Å². The Labute approximate surface area is 200 Å². The number of hydrogen-bond donors (Lipinski definition) is 0. The average Bonchev–Trinajstić information content (AvgIpc) is 2.71. The zero-order valence-corrected chi connectivity index (χ0v) is 18.2. The minimum Gasteiger partial charge on any atom is -0.242 e. The molecule has 0 aliphatic carbocycles. The minimum absolute atomic E-state index is 0.359. The number of nitrogens with zero attached hydrogens (tertiary/aromatic N) is 2. The molecule has 2 rings (SSSR count). The molecule has 0 N–H and O–H groups in total. The first-order valence-corrected chi connectivity index (χ1v) is 9.45. The van der Waals surface area contributed by atoms with E-state index >= 15 is 0 Å². The van der Waals surface area contributed by atoms with E-state index in [1.165, 1.54) is 6.07 Å². The van der Waals surface area contributed by atoms with Crippen molar-refractivity contribution in [1.29, 1.82) is 0 Å². The fourth-order valence-electron chi connectivity index (χ4n) is 2.49. The quantitative estimate of drug-likeness (QED) is 0.223. The van der Waals surface area contributed by atoms with Crippen LogP contribution in [0.25, 0.3) is 11.0 Å². The van der Waals surface area contributed by atoms with E-state index < -0.39 is 62.5 Å². The van der Waals surface area contributed by atoms with E-state index in [1.807, 2.05) is 0 Å². The standard InChI is InChI=1S/C16H4F17IN2/c17-9(18,7-8(34)36-6-4-2-1-3-5(6)35-7)10(19,20)11(21,22)12(23,24)13(25,26)14(27,28)15(29,30)16(31,32)33/h1-4H. The highest BCUT2D eigenvalue weighted by molar-refractivity contribution is 14.1. The first kappa shape index (κ1) is 30.3. The van der Waals surface area contributed by atoms with Gasteiger partial charge >= 0.3 is 47.6 Å². The van der Waals surface area contributed by atoms with E-state index in [0.29, 0.717) is 22.6 Å². The first-order chi connectivity index (χ1) is 15.7. The van der Waals surface area contributed by atoms with Crippen molar-refractivity contribution in [2.24, 2.45) is 0 Å². The van der Waals surface area contributed by atoms with Crippen LogP contribution in [0.15, 0.2) is 24.3 Å². The van der Waals surface area contributed by atoms with E-state index in [9.17, 15) is 74.6 Å². The van der Waals surface area contributed by atoms with E-state index in [-0.39, 0.29) is 5.52 Å². The maximum absolute atomic E-state index is 14.4. The summed E-state index contributed by atoms with van der Waals surface area (Å²) in [7, 11) is 0. The molecule has 0 fully saturated rings. The van der Waals surface area contributed by atoms with Gasteiger partial charge in [0.1, 0.15) is 9.39 Å². The molecule has 0 bridgehead atoms. The third kappa shape index (κ3) is 3.82. The lowest BCUT2D eigenvalue weighted by Gasteiger charge is -2.42. The first-order valence-electron chi connectivity index (χ1n) is 8.37. The lowest BCUT2D eigenvalue weighted by molar-refractivity contribution is -0.463. The van der Waals surface area contributed by atoms with Gasteiger partial charge in [-0.05, 0) is 34.7 Å². The molecule has 2 aromatic rings. The van der Waals surface area contributed by atoms with Gasteiger partial charge in [-0.1, -0.05) is 12.1 Å². The summed E-state index contributed by atoms with van der Waals surface area (Å²) in [6.45, 7) is 0. The highest BCUT2D eigenvalue weighted by Crippen LogP contribution is 2.65. The molecule has 0 unspecified atom stereocenters. The van der Waals surface area contributed by atoms with E-state index in [0.717, 1.165) is 18.2 Å². The molecule has 0 saturated heterocycles. The second-order valence-corrected chi connectivity index (χ2v) is 7.89. The van der Waals surface area contributed by atoms with Gasteiger partial charge in [-0.2, -0.15) is 74.6 Å². The third-order valence-corrected chi connectivity index (χ3v) is 5.30. The molecule has 0 spiro atoms.